The Morgan fingerprint density at radius 2 is 2.19 bits per heavy atom. The van der Waals surface area contributed by atoms with Gasteiger partial charge in [0.1, 0.15) is 6.33 Å². The first-order valence-electron chi connectivity index (χ1n) is 4.38. The van der Waals surface area contributed by atoms with Gasteiger partial charge in [0.15, 0.2) is 0 Å². The van der Waals surface area contributed by atoms with Crippen LogP contribution in [0.5, 0.6) is 0 Å². The lowest BCUT2D eigenvalue weighted by atomic mass is 10.2. The van der Waals surface area contributed by atoms with Gasteiger partial charge in [-0.2, -0.15) is 0 Å². The van der Waals surface area contributed by atoms with Crippen LogP contribution in [0.4, 0.5) is 0 Å². The van der Waals surface area contributed by atoms with Gasteiger partial charge in [-0.25, -0.2) is 4.68 Å². The number of rotatable bonds is 3. The van der Waals surface area contributed by atoms with Gasteiger partial charge >= 0.3 is 0 Å². The summed E-state index contributed by atoms with van der Waals surface area (Å²) in [5, 5.41) is 8.33. The second-order valence-electron chi connectivity index (χ2n) is 3.05. The smallest absolute Gasteiger partial charge is 0.209 e. The third kappa shape index (κ3) is 2.78. The lowest BCUT2D eigenvalue weighted by Gasteiger charge is -2.04. The van der Waals surface area contributed by atoms with E-state index >= 15 is 0 Å². The van der Waals surface area contributed by atoms with E-state index in [1.54, 1.807) is 11.8 Å². The van der Waals surface area contributed by atoms with Gasteiger partial charge in [-0.05, 0) is 17.7 Å². The van der Waals surface area contributed by atoms with Crippen LogP contribution < -0.4 is 5.84 Å². The maximum atomic E-state index is 5.62. The quantitative estimate of drug-likeness (QED) is 0.672. The monoisotopic (exact) mass is 362 g/mol. The fraction of sp³-hybridized carbons (Fsp3) is 0.111. The van der Waals surface area contributed by atoms with Crippen LogP contribution in [0.25, 0.3) is 0 Å². The molecule has 0 spiro atoms. The van der Waals surface area contributed by atoms with Crippen LogP contribution >= 0.6 is 43.6 Å². The lowest BCUT2D eigenvalue weighted by molar-refractivity contribution is 0.846. The van der Waals surface area contributed by atoms with E-state index in [0.29, 0.717) is 5.16 Å². The molecule has 2 aromatic rings. The molecular formula is C9H8Br2N4S. The predicted octanol–water partition coefficient (Wildman–Crippen LogP) is 2.81. The first kappa shape index (κ1) is 11.9. The molecule has 1 aromatic carbocycles. The zero-order valence-electron chi connectivity index (χ0n) is 8.10. The molecule has 2 N–H and O–H groups in total. The zero-order valence-corrected chi connectivity index (χ0v) is 12.1. The van der Waals surface area contributed by atoms with Crippen LogP contribution in [0.3, 0.4) is 0 Å². The van der Waals surface area contributed by atoms with Gasteiger partial charge < -0.3 is 5.84 Å². The van der Waals surface area contributed by atoms with Crippen molar-refractivity contribution in [2.45, 2.75) is 10.9 Å². The van der Waals surface area contributed by atoms with Crippen LogP contribution in [0, 0.1) is 0 Å². The van der Waals surface area contributed by atoms with Crippen molar-refractivity contribution in [3.63, 3.8) is 0 Å². The van der Waals surface area contributed by atoms with Gasteiger partial charge in [-0.3, -0.25) is 0 Å². The van der Waals surface area contributed by atoms with Crippen molar-refractivity contribution in [2.24, 2.45) is 0 Å². The number of benzene rings is 1. The predicted molar refractivity (Wildman–Crippen MR) is 71.6 cm³/mol. The Morgan fingerprint density at radius 3 is 2.81 bits per heavy atom. The average Bonchev–Trinajstić information content (AvgIpc) is 2.63. The van der Waals surface area contributed by atoms with Crippen molar-refractivity contribution in [3.8, 4) is 0 Å². The van der Waals surface area contributed by atoms with Crippen LogP contribution in [0.15, 0.2) is 38.6 Å². The lowest BCUT2D eigenvalue weighted by Crippen LogP contribution is -2.07. The molecule has 1 heterocycles. The molecule has 0 atom stereocenters. The van der Waals surface area contributed by atoms with Gasteiger partial charge in [0.25, 0.3) is 0 Å². The molecule has 84 valence electrons. The number of nitrogens with two attached hydrogens (primary N) is 1. The van der Waals surface area contributed by atoms with Crippen molar-refractivity contribution in [3.05, 3.63) is 39.0 Å². The SMILES string of the molecule is Nn1cnnc1SCc1ccc(Br)cc1Br. The zero-order chi connectivity index (χ0) is 11.5. The molecular weight excluding hydrogens is 356 g/mol. The number of hydrogen-bond donors (Lipinski definition) is 1. The third-order valence-electron chi connectivity index (χ3n) is 1.91. The Bertz CT molecular complexity index is 500. The van der Waals surface area contributed by atoms with Crippen molar-refractivity contribution in [2.75, 3.05) is 5.84 Å². The van der Waals surface area contributed by atoms with Crippen LogP contribution in [-0.2, 0) is 5.75 Å². The number of hydrogen-bond acceptors (Lipinski definition) is 4. The van der Waals surface area contributed by atoms with E-state index in [1.807, 2.05) is 12.1 Å². The second kappa shape index (κ2) is 5.20. The number of thioether (sulfide) groups is 1. The van der Waals surface area contributed by atoms with Crippen LogP contribution in [0.2, 0.25) is 0 Å². The molecule has 0 aliphatic carbocycles. The summed E-state index contributed by atoms with van der Waals surface area (Å²) in [6, 6.07) is 6.08. The standard InChI is InChI=1S/C9H8Br2N4S/c10-7-2-1-6(8(11)3-7)4-16-9-14-13-5-15(9)12/h1-3,5H,4,12H2. The number of nitrogen functional groups attached to an aromatic ring is 1. The Hall–Kier alpha value is -0.530. The van der Waals surface area contributed by atoms with E-state index in [-0.39, 0.29) is 0 Å². The fourth-order valence-corrected chi connectivity index (χ4v) is 3.33. The highest BCUT2D eigenvalue weighted by molar-refractivity contribution is 9.11. The highest BCUT2D eigenvalue weighted by Crippen LogP contribution is 2.27. The minimum absolute atomic E-state index is 0.704. The molecule has 2 rings (SSSR count). The normalized spacial score (nSPS) is 10.6. The van der Waals surface area contributed by atoms with Gasteiger partial charge in [0, 0.05) is 14.7 Å². The summed E-state index contributed by atoms with van der Waals surface area (Å²) in [4.78, 5) is 0. The molecule has 0 saturated heterocycles. The number of aromatic nitrogens is 3. The minimum atomic E-state index is 0.704. The molecule has 0 unspecified atom stereocenters. The molecule has 0 aliphatic heterocycles. The van der Waals surface area contributed by atoms with E-state index in [0.717, 1.165) is 14.7 Å². The molecule has 0 amide bonds. The Balaban J connectivity index is 2.08. The largest absolute Gasteiger partial charge is 0.336 e. The molecule has 1 aromatic heterocycles. The van der Waals surface area contributed by atoms with Crippen molar-refractivity contribution in [1.29, 1.82) is 0 Å². The van der Waals surface area contributed by atoms with Crippen molar-refractivity contribution < 1.29 is 0 Å². The maximum absolute atomic E-state index is 5.62. The van der Waals surface area contributed by atoms with E-state index in [1.165, 1.54) is 16.6 Å². The van der Waals surface area contributed by atoms with Crippen LogP contribution in [-0.4, -0.2) is 14.9 Å². The molecule has 0 bridgehead atoms. The highest BCUT2D eigenvalue weighted by Gasteiger charge is 2.05. The molecule has 4 nitrogen and oxygen atoms in total. The van der Waals surface area contributed by atoms with Gasteiger partial charge in [0.05, 0.1) is 0 Å². The summed E-state index contributed by atoms with van der Waals surface area (Å²) >= 11 is 8.47. The molecule has 0 aliphatic rings. The molecule has 7 heteroatoms. The van der Waals surface area contributed by atoms with E-state index in [9.17, 15) is 0 Å². The summed E-state index contributed by atoms with van der Waals surface area (Å²) in [5.41, 5.74) is 1.19. The Kier molecular flexibility index (Phi) is 3.88. The first-order chi connectivity index (χ1) is 7.66. The third-order valence-corrected chi connectivity index (χ3v) is 4.15. The molecule has 0 saturated carbocycles. The average molecular weight is 364 g/mol. The molecule has 0 radical (unpaired) electrons. The van der Waals surface area contributed by atoms with Crippen molar-refractivity contribution in [1.82, 2.24) is 14.9 Å². The minimum Gasteiger partial charge on any atom is -0.336 e. The summed E-state index contributed by atoms with van der Waals surface area (Å²) in [6.45, 7) is 0. The second-order valence-corrected chi connectivity index (χ2v) is 5.76. The van der Waals surface area contributed by atoms with E-state index in [4.69, 9.17) is 5.84 Å². The number of halogens is 2. The summed E-state index contributed by atoms with van der Waals surface area (Å²) in [6.07, 6.45) is 1.49. The highest BCUT2D eigenvalue weighted by atomic mass is 79.9. The first-order valence-corrected chi connectivity index (χ1v) is 6.96. The summed E-state index contributed by atoms with van der Waals surface area (Å²) in [7, 11) is 0. The van der Waals surface area contributed by atoms with Crippen LogP contribution in [0.1, 0.15) is 5.56 Å². The van der Waals surface area contributed by atoms with Gasteiger partial charge in [-0.1, -0.05) is 49.7 Å². The van der Waals surface area contributed by atoms with Crippen molar-refractivity contribution >= 4 is 43.6 Å². The summed E-state index contributed by atoms with van der Waals surface area (Å²) in [5.74, 6) is 6.41. The Morgan fingerprint density at radius 1 is 1.38 bits per heavy atom. The topological polar surface area (TPSA) is 56.7 Å². The maximum Gasteiger partial charge on any atom is 0.209 e. The number of nitrogens with zero attached hydrogens (tertiary/aromatic N) is 3. The van der Waals surface area contributed by atoms with E-state index < -0.39 is 0 Å². The van der Waals surface area contributed by atoms with Gasteiger partial charge in [-0.15, -0.1) is 10.2 Å². The molecule has 16 heavy (non-hydrogen) atoms. The summed E-state index contributed by atoms with van der Waals surface area (Å²) < 4.78 is 3.53. The fourth-order valence-electron chi connectivity index (χ4n) is 1.12. The molecule has 0 fully saturated rings. The Labute approximate surface area is 114 Å². The van der Waals surface area contributed by atoms with E-state index in [2.05, 4.69) is 48.1 Å². The van der Waals surface area contributed by atoms with Gasteiger partial charge in [0.2, 0.25) is 5.16 Å².